The number of carbonyl (C=O) groups excluding carboxylic acids is 1. The second-order valence-electron chi connectivity index (χ2n) is 5.85. The van der Waals surface area contributed by atoms with Gasteiger partial charge in [-0.3, -0.25) is 19.4 Å². The highest BCUT2D eigenvalue weighted by Gasteiger charge is 2.24. The number of aromatic nitrogens is 4. The summed E-state index contributed by atoms with van der Waals surface area (Å²) < 4.78 is 15.9. The van der Waals surface area contributed by atoms with Gasteiger partial charge in [-0.25, -0.2) is 9.37 Å². The predicted octanol–water partition coefficient (Wildman–Crippen LogP) is 3.89. The Morgan fingerprint density at radius 2 is 2.11 bits per heavy atom. The number of amides is 1. The van der Waals surface area contributed by atoms with E-state index in [4.69, 9.17) is 0 Å². The Labute approximate surface area is 158 Å². The minimum absolute atomic E-state index is 0.223. The fourth-order valence-corrected chi connectivity index (χ4v) is 3.77. The molecule has 0 bridgehead atoms. The van der Waals surface area contributed by atoms with Crippen molar-refractivity contribution in [1.29, 1.82) is 0 Å². The van der Waals surface area contributed by atoms with Crippen LogP contribution in [-0.2, 0) is 13.1 Å². The number of fused-ring (bicyclic) bond motifs is 1. The SMILES string of the molecule is CCn1nccc1C(=O)N(Cc1ccccn1)c1nc2ccc(F)cc2s1. The van der Waals surface area contributed by atoms with E-state index in [-0.39, 0.29) is 18.3 Å². The lowest BCUT2D eigenvalue weighted by molar-refractivity contribution is 0.0974. The minimum Gasteiger partial charge on any atom is -0.277 e. The summed E-state index contributed by atoms with van der Waals surface area (Å²) in [5, 5.41) is 4.68. The molecule has 4 rings (SSSR count). The number of hydrogen-bond acceptors (Lipinski definition) is 5. The molecule has 0 spiro atoms. The summed E-state index contributed by atoms with van der Waals surface area (Å²) in [5.41, 5.74) is 1.86. The van der Waals surface area contributed by atoms with E-state index >= 15 is 0 Å². The number of carbonyl (C=O) groups is 1. The summed E-state index contributed by atoms with van der Waals surface area (Å²) in [4.78, 5) is 23.7. The second kappa shape index (κ2) is 7.24. The largest absolute Gasteiger partial charge is 0.278 e. The monoisotopic (exact) mass is 381 g/mol. The van der Waals surface area contributed by atoms with E-state index in [1.807, 2.05) is 25.1 Å². The smallest absolute Gasteiger partial charge is 0.277 e. The van der Waals surface area contributed by atoms with Gasteiger partial charge in [-0.1, -0.05) is 17.4 Å². The molecule has 6 nitrogen and oxygen atoms in total. The molecule has 4 aromatic rings. The van der Waals surface area contributed by atoms with Crippen LogP contribution in [0.25, 0.3) is 10.2 Å². The molecule has 0 unspecified atom stereocenters. The molecule has 8 heteroatoms. The Morgan fingerprint density at radius 1 is 1.22 bits per heavy atom. The highest BCUT2D eigenvalue weighted by molar-refractivity contribution is 7.22. The highest BCUT2D eigenvalue weighted by atomic mass is 32.1. The van der Waals surface area contributed by atoms with Crippen LogP contribution in [0.1, 0.15) is 23.1 Å². The number of hydrogen-bond donors (Lipinski definition) is 0. The predicted molar refractivity (Wildman–Crippen MR) is 102 cm³/mol. The topological polar surface area (TPSA) is 63.9 Å². The number of thiazole rings is 1. The molecule has 0 saturated carbocycles. The van der Waals surface area contributed by atoms with Crippen molar-refractivity contribution >= 4 is 32.6 Å². The van der Waals surface area contributed by atoms with E-state index in [0.29, 0.717) is 27.6 Å². The van der Waals surface area contributed by atoms with Crippen molar-refractivity contribution in [2.24, 2.45) is 0 Å². The van der Waals surface area contributed by atoms with Crippen molar-refractivity contribution in [2.45, 2.75) is 20.0 Å². The number of nitrogens with zero attached hydrogens (tertiary/aromatic N) is 5. The van der Waals surface area contributed by atoms with Crippen LogP contribution in [0.3, 0.4) is 0 Å². The van der Waals surface area contributed by atoms with Crippen LogP contribution < -0.4 is 4.90 Å². The summed E-state index contributed by atoms with van der Waals surface area (Å²) in [6.07, 6.45) is 3.28. The van der Waals surface area contributed by atoms with E-state index in [1.54, 1.807) is 34.1 Å². The van der Waals surface area contributed by atoms with Crippen LogP contribution in [0.2, 0.25) is 0 Å². The van der Waals surface area contributed by atoms with Crippen molar-refractivity contribution < 1.29 is 9.18 Å². The Bertz CT molecular complexity index is 1090. The first-order chi connectivity index (χ1) is 13.2. The van der Waals surface area contributed by atoms with Gasteiger partial charge < -0.3 is 0 Å². The first kappa shape index (κ1) is 17.3. The lowest BCUT2D eigenvalue weighted by atomic mass is 10.3. The van der Waals surface area contributed by atoms with E-state index < -0.39 is 0 Å². The molecule has 1 aromatic carbocycles. The third-order valence-electron chi connectivity index (χ3n) is 4.10. The highest BCUT2D eigenvalue weighted by Crippen LogP contribution is 2.31. The molecule has 0 saturated heterocycles. The van der Waals surface area contributed by atoms with Crippen LogP contribution in [0.15, 0.2) is 54.9 Å². The van der Waals surface area contributed by atoms with Crippen molar-refractivity contribution in [3.63, 3.8) is 0 Å². The molecule has 0 radical (unpaired) electrons. The van der Waals surface area contributed by atoms with Crippen LogP contribution in [0, 0.1) is 5.82 Å². The van der Waals surface area contributed by atoms with Crippen LogP contribution in [0.5, 0.6) is 0 Å². The number of benzene rings is 1. The van der Waals surface area contributed by atoms with E-state index in [9.17, 15) is 9.18 Å². The Morgan fingerprint density at radius 3 is 2.89 bits per heavy atom. The molecule has 136 valence electrons. The summed E-state index contributed by atoms with van der Waals surface area (Å²) in [6, 6.07) is 11.6. The summed E-state index contributed by atoms with van der Waals surface area (Å²) in [6.45, 7) is 2.76. The van der Waals surface area contributed by atoms with Crippen molar-refractivity contribution in [3.05, 3.63) is 72.1 Å². The van der Waals surface area contributed by atoms with Gasteiger partial charge in [0.05, 0.1) is 22.5 Å². The molecule has 3 aromatic heterocycles. The molecule has 27 heavy (non-hydrogen) atoms. The first-order valence-electron chi connectivity index (χ1n) is 8.45. The third kappa shape index (κ3) is 3.43. The van der Waals surface area contributed by atoms with Gasteiger partial charge in [0.15, 0.2) is 5.13 Å². The summed E-state index contributed by atoms with van der Waals surface area (Å²) in [7, 11) is 0. The van der Waals surface area contributed by atoms with Crippen molar-refractivity contribution in [2.75, 3.05) is 4.90 Å². The molecular weight excluding hydrogens is 365 g/mol. The fourth-order valence-electron chi connectivity index (χ4n) is 2.79. The number of pyridine rings is 1. The maximum atomic E-state index is 13.6. The van der Waals surface area contributed by atoms with Crippen molar-refractivity contribution in [1.82, 2.24) is 19.7 Å². The van der Waals surface area contributed by atoms with E-state index in [2.05, 4.69) is 15.1 Å². The number of aryl methyl sites for hydroxylation is 1. The average Bonchev–Trinajstić information content (AvgIpc) is 3.32. The van der Waals surface area contributed by atoms with Gasteiger partial charge in [0, 0.05) is 18.9 Å². The van der Waals surface area contributed by atoms with E-state index in [0.717, 1.165) is 5.69 Å². The van der Waals surface area contributed by atoms with Gasteiger partial charge in [0.2, 0.25) is 0 Å². The molecule has 0 aliphatic heterocycles. The molecule has 0 aliphatic rings. The minimum atomic E-state index is -0.329. The lowest BCUT2D eigenvalue weighted by Gasteiger charge is -2.19. The molecule has 0 atom stereocenters. The van der Waals surface area contributed by atoms with Gasteiger partial charge in [0.1, 0.15) is 11.5 Å². The molecule has 0 N–H and O–H groups in total. The quantitative estimate of drug-likeness (QED) is 0.526. The van der Waals surface area contributed by atoms with E-state index in [1.165, 1.54) is 23.5 Å². The zero-order valence-electron chi connectivity index (χ0n) is 14.5. The summed E-state index contributed by atoms with van der Waals surface area (Å²) >= 11 is 1.27. The summed E-state index contributed by atoms with van der Waals surface area (Å²) in [5.74, 6) is -0.552. The molecule has 0 fully saturated rings. The maximum absolute atomic E-state index is 13.6. The normalized spacial score (nSPS) is 11.0. The Hall–Kier alpha value is -3.13. The third-order valence-corrected chi connectivity index (χ3v) is 5.14. The van der Waals surface area contributed by atoms with Gasteiger partial charge in [-0.15, -0.1) is 0 Å². The number of halogens is 1. The molecule has 1 amide bonds. The maximum Gasteiger partial charge on any atom is 0.278 e. The zero-order chi connectivity index (χ0) is 18.8. The van der Waals surface area contributed by atoms with Crippen LogP contribution >= 0.6 is 11.3 Å². The Balaban J connectivity index is 1.78. The lowest BCUT2D eigenvalue weighted by Crippen LogP contribution is -2.32. The molecular formula is C19H16FN5OS. The van der Waals surface area contributed by atoms with Gasteiger partial charge in [0.25, 0.3) is 5.91 Å². The van der Waals surface area contributed by atoms with Gasteiger partial charge in [-0.2, -0.15) is 5.10 Å². The zero-order valence-corrected chi connectivity index (χ0v) is 15.4. The van der Waals surface area contributed by atoms with Gasteiger partial charge >= 0.3 is 0 Å². The number of anilines is 1. The van der Waals surface area contributed by atoms with Crippen molar-refractivity contribution in [3.8, 4) is 0 Å². The van der Waals surface area contributed by atoms with Crippen LogP contribution in [-0.4, -0.2) is 25.7 Å². The molecule has 0 aliphatic carbocycles. The first-order valence-corrected chi connectivity index (χ1v) is 9.27. The number of rotatable bonds is 5. The average molecular weight is 381 g/mol. The standard InChI is InChI=1S/C19H16FN5OS/c1-2-25-16(8-10-22-25)18(26)24(12-14-5-3-4-9-21-14)19-23-15-7-6-13(20)11-17(15)27-19/h3-11H,2,12H2,1H3. The Kier molecular flexibility index (Phi) is 4.64. The second-order valence-corrected chi connectivity index (χ2v) is 6.86. The fraction of sp³-hybridized carbons (Fsp3) is 0.158. The van der Waals surface area contributed by atoms with Gasteiger partial charge in [-0.05, 0) is 43.3 Å². The van der Waals surface area contributed by atoms with Crippen LogP contribution in [0.4, 0.5) is 9.52 Å². The molecule has 3 heterocycles.